The van der Waals surface area contributed by atoms with Crippen LogP contribution in [0.1, 0.15) is 76.8 Å². The molecule has 2 aliphatic rings. The van der Waals surface area contributed by atoms with E-state index in [9.17, 15) is 14.9 Å². The van der Waals surface area contributed by atoms with Gasteiger partial charge in [-0.1, -0.05) is 31.6 Å². The predicted molar refractivity (Wildman–Crippen MR) is 117 cm³/mol. The van der Waals surface area contributed by atoms with Gasteiger partial charge in [-0.15, -0.1) is 0 Å². The molecule has 1 aromatic rings. The minimum Gasteiger partial charge on any atom is -0.338 e. The van der Waals surface area contributed by atoms with Crippen molar-refractivity contribution in [2.24, 2.45) is 11.8 Å². The van der Waals surface area contributed by atoms with Gasteiger partial charge in [-0.05, 0) is 67.7 Å². The fourth-order valence-electron chi connectivity index (χ4n) is 4.24. The van der Waals surface area contributed by atoms with E-state index in [4.69, 9.17) is 5.84 Å². The molecule has 1 saturated carbocycles. The number of nitrogens with zero attached hydrogens (tertiary/aromatic N) is 2. The molecule has 1 atom stereocenters. The molecular formula is C24H30N4O2. The second-order valence-electron chi connectivity index (χ2n) is 8.24. The Morgan fingerprint density at radius 1 is 1.30 bits per heavy atom. The Labute approximate surface area is 178 Å². The maximum atomic E-state index is 13.5. The van der Waals surface area contributed by atoms with Gasteiger partial charge < -0.3 is 4.90 Å². The zero-order valence-electron chi connectivity index (χ0n) is 17.8. The maximum absolute atomic E-state index is 13.5. The summed E-state index contributed by atoms with van der Waals surface area (Å²) in [4.78, 5) is 27.7. The largest absolute Gasteiger partial charge is 0.338 e. The minimum absolute atomic E-state index is 0.0814. The number of nitrogen functional groups attached to an aromatic ring is 1. The molecule has 0 saturated heterocycles. The molecule has 2 amide bonds. The van der Waals surface area contributed by atoms with Gasteiger partial charge in [-0.25, -0.2) is 5.84 Å². The molecule has 158 valence electrons. The smallest absolute Gasteiger partial charge is 0.265 e. The third-order valence-electron chi connectivity index (χ3n) is 6.06. The van der Waals surface area contributed by atoms with Gasteiger partial charge >= 0.3 is 0 Å². The van der Waals surface area contributed by atoms with Gasteiger partial charge in [0, 0.05) is 29.8 Å². The highest BCUT2D eigenvalue weighted by atomic mass is 16.2. The third-order valence-corrected chi connectivity index (χ3v) is 6.06. The normalized spacial score (nSPS) is 18.2. The quantitative estimate of drug-likeness (QED) is 0.409. The van der Waals surface area contributed by atoms with Crippen LogP contribution in [-0.2, 0) is 0 Å². The number of carbonyl (C=O) groups is 2. The summed E-state index contributed by atoms with van der Waals surface area (Å²) < 4.78 is 0. The highest BCUT2D eigenvalue weighted by Gasteiger charge is 2.28. The Balaban J connectivity index is 1.90. The summed E-state index contributed by atoms with van der Waals surface area (Å²) in [5.41, 5.74) is 5.78. The molecule has 1 unspecified atom stereocenters. The summed E-state index contributed by atoms with van der Waals surface area (Å²) in [6.45, 7) is 5.14. The topological polar surface area (TPSA) is 99.2 Å². The predicted octanol–water partition coefficient (Wildman–Crippen LogP) is 3.74. The van der Waals surface area contributed by atoms with E-state index in [1.165, 1.54) is 0 Å². The van der Waals surface area contributed by atoms with Crippen molar-refractivity contribution in [1.29, 1.82) is 5.26 Å². The van der Waals surface area contributed by atoms with Crippen LogP contribution in [0.5, 0.6) is 0 Å². The number of hydrogen-bond acceptors (Lipinski definition) is 4. The lowest BCUT2D eigenvalue weighted by atomic mass is 9.77. The highest BCUT2D eigenvalue weighted by Crippen LogP contribution is 2.39. The molecule has 0 spiro atoms. The van der Waals surface area contributed by atoms with E-state index in [0.717, 1.165) is 43.2 Å². The molecule has 0 heterocycles. The van der Waals surface area contributed by atoms with Crippen LogP contribution in [-0.4, -0.2) is 29.8 Å². The molecule has 0 bridgehead atoms. The van der Waals surface area contributed by atoms with E-state index in [-0.39, 0.29) is 17.7 Å². The first-order valence-corrected chi connectivity index (χ1v) is 10.7. The van der Waals surface area contributed by atoms with Gasteiger partial charge in [-0.2, -0.15) is 5.26 Å². The van der Waals surface area contributed by atoms with Crippen LogP contribution in [0, 0.1) is 24.2 Å². The molecular weight excluding hydrogens is 376 g/mol. The van der Waals surface area contributed by atoms with Crippen LogP contribution >= 0.6 is 0 Å². The lowest BCUT2D eigenvalue weighted by Gasteiger charge is -2.30. The van der Waals surface area contributed by atoms with Crippen LogP contribution in [0.2, 0.25) is 0 Å². The number of allylic oxidation sites excluding steroid dienone is 3. The van der Waals surface area contributed by atoms with Crippen molar-refractivity contribution in [3.63, 3.8) is 0 Å². The van der Waals surface area contributed by atoms with Crippen LogP contribution < -0.4 is 11.3 Å². The summed E-state index contributed by atoms with van der Waals surface area (Å²) in [5.74, 6) is 5.45. The van der Waals surface area contributed by atoms with Crippen LogP contribution in [0.4, 0.5) is 0 Å². The fourth-order valence-corrected chi connectivity index (χ4v) is 4.24. The van der Waals surface area contributed by atoms with E-state index in [1.807, 2.05) is 43.0 Å². The van der Waals surface area contributed by atoms with Gasteiger partial charge in [0.15, 0.2) is 0 Å². The van der Waals surface area contributed by atoms with E-state index < -0.39 is 0 Å². The molecule has 1 fully saturated rings. The molecule has 0 aliphatic heterocycles. The van der Waals surface area contributed by atoms with Crippen molar-refractivity contribution in [2.75, 3.05) is 13.1 Å². The summed E-state index contributed by atoms with van der Waals surface area (Å²) >= 11 is 0. The zero-order chi connectivity index (χ0) is 21.7. The van der Waals surface area contributed by atoms with Crippen LogP contribution in [0.25, 0.3) is 0 Å². The van der Waals surface area contributed by atoms with Crippen molar-refractivity contribution in [3.05, 3.63) is 58.2 Å². The average molecular weight is 407 g/mol. The van der Waals surface area contributed by atoms with Gasteiger partial charge in [-0.3, -0.25) is 15.0 Å². The molecule has 0 radical (unpaired) electrons. The second kappa shape index (κ2) is 9.73. The van der Waals surface area contributed by atoms with Crippen molar-refractivity contribution in [2.45, 2.75) is 51.9 Å². The number of benzene rings is 1. The SMILES string of the molecule is CCCN(CC1C=C(C#N)C=CC1)C(=O)c1cc(C(=O)NN)c(C2CCC2)cc1C. The summed E-state index contributed by atoms with van der Waals surface area (Å²) in [7, 11) is 0. The van der Waals surface area contributed by atoms with E-state index in [2.05, 4.69) is 11.5 Å². The number of hydrazine groups is 1. The summed E-state index contributed by atoms with van der Waals surface area (Å²) in [5, 5.41) is 9.17. The molecule has 6 nitrogen and oxygen atoms in total. The first kappa shape index (κ1) is 21.8. The Bertz CT molecular complexity index is 922. The Morgan fingerprint density at radius 3 is 2.67 bits per heavy atom. The second-order valence-corrected chi connectivity index (χ2v) is 8.24. The molecule has 3 rings (SSSR count). The number of hydrogen-bond donors (Lipinski definition) is 2. The van der Waals surface area contributed by atoms with E-state index >= 15 is 0 Å². The number of amides is 2. The zero-order valence-corrected chi connectivity index (χ0v) is 17.8. The molecule has 0 aromatic heterocycles. The Morgan fingerprint density at radius 2 is 2.07 bits per heavy atom. The molecule has 6 heteroatoms. The number of nitrogens with two attached hydrogens (primary N) is 1. The lowest BCUT2D eigenvalue weighted by molar-refractivity contribution is 0.0738. The average Bonchev–Trinajstić information content (AvgIpc) is 2.71. The Kier molecular flexibility index (Phi) is 7.07. The summed E-state index contributed by atoms with van der Waals surface area (Å²) in [6.07, 6.45) is 10.7. The van der Waals surface area contributed by atoms with Crippen molar-refractivity contribution < 1.29 is 9.59 Å². The highest BCUT2D eigenvalue weighted by molar-refractivity contribution is 6.01. The first-order valence-electron chi connectivity index (χ1n) is 10.7. The maximum Gasteiger partial charge on any atom is 0.265 e. The van der Waals surface area contributed by atoms with Crippen molar-refractivity contribution in [1.82, 2.24) is 10.3 Å². The van der Waals surface area contributed by atoms with E-state index in [1.54, 1.807) is 6.07 Å². The summed E-state index contributed by atoms with van der Waals surface area (Å²) in [6, 6.07) is 5.88. The van der Waals surface area contributed by atoms with E-state index in [0.29, 0.717) is 35.7 Å². The molecule has 1 aromatic carbocycles. The van der Waals surface area contributed by atoms with Gasteiger partial charge in [0.2, 0.25) is 0 Å². The molecule has 30 heavy (non-hydrogen) atoms. The van der Waals surface area contributed by atoms with Crippen molar-refractivity contribution in [3.8, 4) is 6.07 Å². The van der Waals surface area contributed by atoms with Crippen LogP contribution in [0.15, 0.2) is 35.9 Å². The first-order chi connectivity index (χ1) is 14.5. The lowest BCUT2D eigenvalue weighted by Crippen LogP contribution is -2.37. The molecule has 2 aliphatic carbocycles. The van der Waals surface area contributed by atoms with Gasteiger partial charge in [0.05, 0.1) is 6.07 Å². The monoisotopic (exact) mass is 406 g/mol. The number of nitrogens with one attached hydrogen (secondary N) is 1. The number of rotatable bonds is 7. The number of nitriles is 1. The van der Waals surface area contributed by atoms with Crippen LogP contribution in [0.3, 0.4) is 0 Å². The van der Waals surface area contributed by atoms with Gasteiger partial charge in [0.1, 0.15) is 0 Å². The third kappa shape index (κ3) is 4.63. The van der Waals surface area contributed by atoms with Crippen molar-refractivity contribution >= 4 is 11.8 Å². The fraction of sp³-hybridized carbons (Fsp3) is 0.458. The standard InChI is InChI=1S/C24H30N4O2/c1-3-10-28(15-18-7-4-6-17(12-18)14-25)24(30)20-13-22(23(29)27-26)21(11-16(20)2)19-8-5-9-19/h4,6,11-13,18-19H,3,5,7-10,15,26H2,1-2H3,(H,27,29). The minimum atomic E-state index is -0.355. The van der Waals surface area contributed by atoms with Gasteiger partial charge in [0.25, 0.3) is 11.8 Å². The number of aryl methyl sites for hydroxylation is 1. The number of carbonyl (C=O) groups excluding carboxylic acids is 2. The molecule has 3 N–H and O–H groups in total. The Hall–Kier alpha value is -2.91.